The van der Waals surface area contributed by atoms with Gasteiger partial charge < -0.3 is 19.4 Å². The lowest BCUT2D eigenvalue weighted by Crippen LogP contribution is -3.61. The number of para-hydroxylation sites is 2. The third-order valence-corrected chi connectivity index (χ3v) is 6.72. The quantitative estimate of drug-likeness (QED) is 0.331. The molecule has 0 saturated heterocycles. The van der Waals surface area contributed by atoms with Gasteiger partial charge in [-0.05, 0) is 72.8 Å². The van der Waals surface area contributed by atoms with Crippen molar-refractivity contribution < 1.29 is 53.8 Å². The Morgan fingerprint density at radius 2 is 0.882 bits per heavy atom. The van der Waals surface area contributed by atoms with Gasteiger partial charge in [-0.15, -0.1) is 0 Å². The number of carbonyl (C=O) groups excluding carboxylic acids is 1. The van der Waals surface area contributed by atoms with Crippen molar-refractivity contribution in [2.75, 3.05) is 0 Å². The van der Waals surface area contributed by atoms with Gasteiger partial charge in [0.05, 0.1) is 0 Å². The van der Waals surface area contributed by atoms with Gasteiger partial charge in [-0.2, -0.15) is 13.2 Å². The van der Waals surface area contributed by atoms with Crippen LogP contribution in [-0.4, -0.2) is 12.1 Å². The number of alkyl halides is 3. The minimum Gasteiger partial charge on any atom is -0.542 e. The summed E-state index contributed by atoms with van der Waals surface area (Å²) in [4.78, 5) is 8.78. The van der Waals surface area contributed by atoms with Crippen LogP contribution in [0.25, 0.3) is 0 Å². The SMILES string of the molecule is O=C([O-])C(F)(F)F.c1ccc(Oc2ccc([I+]c3ccc(Oc4ccccc4)cc3)cc2)cc1. The van der Waals surface area contributed by atoms with E-state index in [2.05, 4.69) is 24.3 Å². The normalized spacial score (nSPS) is 10.6. The molecule has 0 aliphatic heterocycles. The standard InChI is InChI=1S/C24H18IO2.C2HF3O2/c1-3-7-21(8-4-1)26-23-15-11-19(12-16-23)25-20-13-17-24(18-14-20)27-22-9-5-2-6-10-22;3-2(4,5)1(6)7/h1-18H;(H,6,7)/q+1;/p-1. The zero-order chi connectivity index (χ0) is 24.4. The summed E-state index contributed by atoms with van der Waals surface area (Å²) in [6.45, 7) is 0. The molecule has 34 heavy (non-hydrogen) atoms. The van der Waals surface area contributed by atoms with Gasteiger partial charge in [-0.1, -0.05) is 36.4 Å². The van der Waals surface area contributed by atoms with Crippen LogP contribution in [0.2, 0.25) is 0 Å². The van der Waals surface area contributed by atoms with Gasteiger partial charge >= 0.3 is 27.4 Å². The van der Waals surface area contributed by atoms with Crippen molar-refractivity contribution in [2.24, 2.45) is 0 Å². The first kappa shape index (κ1) is 25.1. The third kappa shape index (κ3) is 8.43. The van der Waals surface area contributed by atoms with Gasteiger partial charge in [-0.25, -0.2) is 0 Å². The number of rotatable bonds is 6. The van der Waals surface area contributed by atoms with Gasteiger partial charge in [0.1, 0.15) is 29.0 Å². The molecule has 0 atom stereocenters. The summed E-state index contributed by atoms with van der Waals surface area (Å²) in [5.74, 6) is 0.427. The van der Waals surface area contributed by atoms with Crippen molar-refractivity contribution in [3.05, 3.63) is 116 Å². The molecule has 0 bridgehead atoms. The molecular formula is C26H18F3IO4. The fraction of sp³-hybridized carbons (Fsp3) is 0.0385. The molecule has 0 heterocycles. The summed E-state index contributed by atoms with van der Waals surface area (Å²) in [7, 11) is 0. The van der Waals surface area contributed by atoms with Crippen LogP contribution in [0.15, 0.2) is 109 Å². The molecule has 4 aromatic rings. The van der Waals surface area contributed by atoms with E-state index in [1.54, 1.807) is 0 Å². The number of ether oxygens (including phenoxy) is 2. The van der Waals surface area contributed by atoms with E-state index in [-0.39, 0.29) is 21.2 Å². The molecule has 0 amide bonds. The minimum atomic E-state index is -5.19. The molecule has 0 aromatic heterocycles. The van der Waals surface area contributed by atoms with Gasteiger partial charge in [0, 0.05) is 0 Å². The van der Waals surface area contributed by atoms with Gasteiger partial charge in [0.25, 0.3) is 0 Å². The summed E-state index contributed by atoms with van der Waals surface area (Å²) < 4.78 is 46.0. The molecule has 0 fully saturated rings. The number of carboxylic acid groups (broad SMARTS) is 1. The predicted octanol–water partition coefficient (Wildman–Crippen LogP) is 2.70. The zero-order valence-corrected chi connectivity index (χ0v) is 19.7. The summed E-state index contributed by atoms with van der Waals surface area (Å²) in [6.07, 6.45) is -5.19. The lowest BCUT2D eigenvalue weighted by molar-refractivity contribution is -0.597. The molecule has 0 aliphatic carbocycles. The van der Waals surface area contributed by atoms with Crippen LogP contribution in [0.4, 0.5) is 13.2 Å². The van der Waals surface area contributed by atoms with E-state index in [4.69, 9.17) is 19.4 Å². The molecule has 4 nitrogen and oxygen atoms in total. The first-order valence-corrected chi connectivity index (χ1v) is 12.0. The van der Waals surface area contributed by atoms with Crippen LogP contribution in [-0.2, 0) is 4.79 Å². The second-order valence-electron chi connectivity index (χ2n) is 6.62. The smallest absolute Gasteiger partial charge is 0.430 e. The van der Waals surface area contributed by atoms with Crippen LogP contribution < -0.4 is 35.8 Å². The van der Waals surface area contributed by atoms with E-state index in [1.165, 1.54) is 7.14 Å². The Morgan fingerprint density at radius 3 is 1.18 bits per heavy atom. The maximum absolute atomic E-state index is 10.5. The van der Waals surface area contributed by atoms with Gasteiger partial charge in [-0.3, -0.25) is 0 Å². The average Bonchev–Trinajstić information content (AvgIpc) is 2.83. The first-order chi connectivity index (χ1) is 16.3. The predicted molar refractivity (Wildman–Crippen MR) is 114 cm³/mol. The minimum absolute atomic E-state index is 0.229. The highest BCUT2D eigenvalue weighted by atomic mass is 127. The fourth-order valence-electron chi connectivity index (χ4n) is 2.51. The number of hydrogen-bond acceptors (Lipinski definition) is 4. The molecule has 0 spiro atoms. The molecule has 0 aliphatic rings. The maximum atomic E-state index is 10.5. The molecule has 8 heteroatoms. The summed E-state index contributed by atoms with van der Waals surface area (Å²) in [6, 6.07) is 36.4. The molecular weight excluding hydrogens is 560 g/mol. The summed E-state index contributed by atoms with van der Waals surface area (Å²) >= 11 is -0.229. The monoisotopic (exact) mass is 578 g/mol. The van der Waals surface area contributed by atoms with Crippen molar-refractivity contribution >= 4 is 5.97 Å². The molecule has 4 aromatic carbocycles. The molecule has 0 saturated carbocycles. The topological polar surface area (TPSA) is 58.6 Å². The highest BCUT2D eigenvalue weighted by Gasteiger charge is 2.28. The Bertz CT molecular complexity index is 1080. The molecule has 0 N–H and O–H groups in total. The largest absolute Gasteiger partial charge is 0.542 e. The van der Waals surface area contributed by atoms with Crippen molar-refractivity contribution in [2.45, 2.75) is 6.18 Å². The van der Waals surface area contributed by atoms with Gasteiger partial charge in [0.2, 0.25) is 0 Å². The Balaban J connectivity index is 0.000000406. The molecule has 174 valence electrons. The van der Waals surface area contributed by atoms with Crippen molar-refractivity contribution in [3.63, 3.8) is 0 Å². The highest BCUT2D eigenvalue weighted by molar-refractivity contribution is 5.70. The van der Waals surface area contributed by atoms with Crippen LogP contribution in [0.3, 0.4) is 0 Å². The lowest BCUT2D eigenvalue weighted by atomic mass is 10.3. The second kappa shape index (κ2) is 12.1. The Hall–Kier alpha value is -3.53. The maximum Gasteiger partial charge on any atom is 0.430 e. The lowest BCUT2D eigenvalue weighted by Gasteiger charge is -2.04. The van der Waals surface area contributed by atoms with E-state index in [9.17, 15) is 13.2 Å². The van der Waals surface area contributed by atoms with Crippen molar-refractivity contribution in [1.29, 1.82) is 0 Å². The van der Waals surface area contributed by atoms with Crippen LogP contribution >= 0.6 is 0 Å². The van der Waals surface area contributed by atoms with E-state index < -0.39 is 12.1 Å². The van der Waals surface area contributed by atoms with E-state index >= 15 is 0 Å². The number of carbonyl (C=O) groups is 1. The van der Waals surface area contributed by atoms with Crippen molar-refractivity contribution in [3.8, 4) is 23.0 Å². The Labute approximate surface area is 204 Å². The van der Waals surface area contributed by atoms with E-state index in [1.807, 2.05) is 84.9 Å². The Kier molecular flexibility index (Phi) is 8.92. The fourth-order valence-corrected chi connectivity index (χ4v) is 4.66. The van der Waals surface area contributed by atoms with Crippen LogP contribution in [0, 0.1) is 7.14 Å². The Morgan fingerprint density at radius 1 is 0.588 bits per heavy atom. The molecule has 0 radical (unpaired) electrons. The van der Waals surface area contributed by atoms with Crippen molar-refractivity contribution in [1.82, 2.24) is 0 Å². The highest BCUT2D eigenvalue weighted by Crippen LogP contribution is 2.21. The van der Waals surface area contributed by atoms with E-state index in [0.717, 1.165) is 23.0 Å². The summed E-state index contributed by atoms with van der Waals surface area (Å²) in [5.41, 5.74) is 0. The number of carboxylic acids is 1. The molecule has 4 rings (SSSR count). The second-order valence-corrected chi connectivity index (χ2v) is 9.65. The molecule has 0 unspecified atom stereocenters. The van der Waals surface area contributed by atoms with E-state index in [0.29, 0.717) is 0 Å². The third-order valence-electron chi connectivity index (χ3n) is 4.03. The number of benzene rings is 4. The van der Waals surface area contributed by atoms with Crippen LogP contribution in [0.5, 0.6) is 23.0 Å². The van der Waals surface area contributed by atoms with Crippen LogP contribution in [0.1, 0.15) is 0 Å². The van der Waals surface area contributed by atoms with Gasteiger partial charge in [0.15, 0.2) is 7.14 Å². The summed E-state index contributed by atoms with van der Waals surface area (Å²) in [5, 5.41) is 8.78. The average molecular weight is 578 g/mol. The zero-order valence-electron chi connectivity index (χ0n) is 17.5. The first-order valence-electron chi connectivity index (χ1n) is 9.88. The number of aliphatic carboxylic acids is 1. The number of halogens is 4. The number of hydrogen-bond donors (Lipinski definition) is 0.